The van der Waals surface area contributed by atoms with Crippen molar-refractivity contribution in [2.24, 2.45) is 0 Å². The predicted octanol–water partition coefficient (Wildman–Crippen LogP) is 2.52. The van der Waals surface area contributed by atoms with Crippen LogP contribution in [-0.2, 0) is 10.3 Å². The average Bonchev–Trinajstić information content (AvgIpc) is 2.15. The molecule has 0 aromatic heterocycles. The number of benzene rings is 1. The van der Waals surface area contributed by atoms with Crippen LogP contribution in [-0.4, -0.2) is 17.7 Å². The maximum Gasteiger partial charge on any atom is 0.424 e. The standard InChI is InChI=1S/C13H18NO/c1-10-6-7-12(11(2)8-10)13(3,4)14(5)9-15/h6-8H,1-5H3/q+1. The Labute approximate surface area is 91.3 Å². The van der Waals surface area contributed by atoms with Crippen molar-refractivity contribution in [2.75, 3.05) is 7.05 Å². The highest BCUT2D eigenvalue weighted by molar-refractivity contribution is 5.35. The Balaban J connectivity index is 3.33. The van der Waals surface area contributed by atoms with Gasteiger partial charge in [-0.25, -0.2) is 0 Å². The van der Waals surface area contributed by atoms with Gasteiger partial charge < -0.3 is 0 Å². The molecule has 0 bridgehead atoms. The van der Waals surface area contributed by atoms with Gasteiger partial charge in [-0.05, 0) is 19.4 Å². The van der Waals surface area contributed by atoms with E-state index in [9.17, 15) is 4.79 Å². The van der Waals surface area contributed by atoms with E-state index in [1.54, 1.807) is 11.6 Å². The minimum Gasteiger partial charge on any atom is -0.159 e. The molecule has 1 aromatic rings. The van der Waals surface area contributed by atoms with Crippen LogP contribution in [0.25, 0.3) is 0 Å². The molecular formula is C13H18NO+. The third-order valence-corrected chi connectivity index (χ3v) is 3.02. The second-order valence-electron chi connectivity index (χ2n) is 4.53. The zero-order chi connectivity index (χ0) is 11.6. The number of isocyanates is 1. The number of aryl methyl sites for hydroxylation is 2. The molecule has 2 heteroatoms. The second-order valence-corrected chi connectivity index (χ2v) is 4.53. The number of hydrogen-bond acceptors (Lipinski definition) is 1. The average molecular weight is 204 g/mol. The van der Waals surface area contributed by atoms with E-state index in [0.29, 0.717) is 0 Å². The van der Waals surface area contributed by atoms with Crippen LogP contribution in [0.1, 0.15) is 30.5 Å². The van der Waals surface area contributed by atoms with Gasteiger partial charge in [0.05, 0.1) is 0 Å². The molecular weight excluding hydrogens is 186 g/mol. The summed E-state index contributed by atoms with van der Waals surface area (Å²) in [5.41, 5.74) is 3.31. The summed E-state index contributed by atoms with van der Waals surface area (Å²) in [6, 6.07) is 6.29. The topological polar surface area (TPSA) is 20.1 Å². The molecule has 15 heavy (non-hydrogen) atoms. The molecule has 0 aliphatic rings. The van der Waals surface area contributed by atoms with Crippen molar-refractivity contribution in [3.05, 3.63) is 34.9 Å². The van der Waals surface area contributed by atoms with E-state index in [-0.39, 0.29) is 5.54 Å². The molecule has 80 valence electrons. The van der Waals surface area contributed by atoms with Crippen molar-refractivity contribution >= 4 is 6.08 Å². The van der Waals surface area contributed by atoms with E-state index in [4.69, 9.17) is 0 Å². The lowest BCUT2D eigenvalue weighted by molar-refractivity contribution is -0.581. The Hall–Kier alpha value is -1.40. The van der Waals surface area contributed by atoms with Crippen LogP contribution >= 0.6 is 0 Å². The van der Waals surface area contributed by atoms with Gasteiger partial charge in [0, 0.05) is 19.4 Å². The molecule has 0 radical (unpaired) electrons. The fourth-order valence-electron chi connectivity index (χ4n) is 1.79. The molecule has 0 atom stereocenters. The lowest BCUT2D eigenvalue weighted by Crippen LogP contribution is -2.31. The molecule has 0 spiro atoms. The smallest absolute Gasteiger partial charge is 0.159 e. The van der Waals surface area contributed by atoms with Crippen LogP contribution in [0.4, 0.5) is 0 Å². The first kappa shape index (κ1) is 11.7. The number of carbonyl (C=O) groups excluding carboxylic acids is 1. The summed E-state index contributed by atoms with van der Waals surface area (Å²) < 4.78 is 1.57. The highest BCUT2D eigenvalue weighted by Gasteiger charge is 2.32. The first-order chi connectivity index (χ1) is 6.89. The van der Waals surface area contributed by atoms with E-state index in [0.717, 1.165) is 0 Å². The number of hydrogen-bond donors (Lipinski definition) is 0. The van der Waals surface area contributed by atoms with Gasteiger partial charge >= 0.3 is 6.08 Å². The van der Waals surface area contributed by atoms with Crippen LogP contribution in [0, 0.1) is 13.8 Å². The molecule has 0 heterocycles. The largest absolute Gasteiger partial charge is 0.424 e. The van der Waals surface area contributed by atoms with Gasteiger partial charge in [-0.3, -0.25) is 0 Å². The van der Waals surface area contributed by atoms with E-state index in [1.807, 2.05) is 19.9 Å². The summed E-state index contributed by atoms with van der Waals surface area (Å²) in [5.74, 6) is 0. The fraction of sp³-hybridized carbons (Fsp3) is 0.462. The van der Waals surface area contributed by atoms with Gasteiger partial charge in [0.15, 0.2) is 5.54 Å². The second kappa shape index (κ2) is 4.00. The fourth-order valence-corrected chi connectivity index (χ4v) is 1.79. The monoisotopic (exact) mass is 204 g/mol. The van der Waals surface area contributed by atoms with Gasteiger partial charge in [-0.15, -0.1) is 4.58 Å². The van der Waals surface area contributed by atoms with E-state index < -0.39 is 0 Å². The zero-order valence-corrected chi connectivity index (χ0v) is 10.1. The van der Waals surface area contributed by atoms with E-state index >= 15 is 0 Å². The van der Waals surface area contributed by atoms with Crippen LogP contribution in [0.2, 0.25) is 0 Å². The third-order valence-electron chi connectivity index (χ3n) is 3.02. The van der Waals surface area contributed by atoms with Crippen LogP contribution in [0.15, 0.2) is 18.2 Å². The first-order valence-corrected chi connectivity index (χ1v) is 5.09. The highest BCUT2D eigenvalue weighted by Crippen LogP contribution is 2.26. The van der Waals surface area contributed by atoms with Gasteiger partial charge in [0.1, 0.15) is 7.05 Å². The summed E-state index contributed by atoms with van der Waals surface area (Å²) >= 11 is 0. The normalized spacial score (nSPS) is 11.0. The molecule has 0 unspecified atom stereocenters. The Morgan fingerprint density at radius 1 is 1.27 bits per heavy atom. The number of rotatable bonds is 2. The molecule has 0 N–H and O–H groups in total. The molecule has 0 fully saturated rings. The van der Waals surface area contributed by atoms with Crippen molar-refractivity contribution in [3.8, 4) is 0 Å². The summed E-state index contributed by atoms with van der Waals surface area (Å²) in [4.78, 5) is 10.7. The number of nitrogens with zero attached hydrogens (tertiary/aromatic N) is 1. The van der Waals surface area contributed by atoms with Crippen LogP contribution in [0.3, 0.4) is 0 Å². The SMILES string of the molecule is Cc1ccc(C(C)(C)[N+](C)=C=O)c(C)c1. The molecule has 1 aromatic carbocycles. The highest BCUT2D eigenvalue weighted by atomic mass is 16.1. The van der Waals surface area contributed by atoms with Crippen molar-refractivity contribution in [1.82, 2.24) is 0 Å². The quantitative estimate of drug-likeness (QED) is 0.412. The van der Waals surface area contributed by atoms with Crippen LogP contribution < -0.4 is 0 Å². The molecule has 0 aliphatic heterocycles. The Morgan fingerprint density at radius 3 is 2.33 bits per heavy atom. The Morgan fingerprint density at radius 2 is 1.87 bits per heavy atom. The minimum atomic E-state index is -0.306. The minimum absolute atomic E-state index is 0.306. The lowest BCUT2D eigenvalue weighted by atomic mass is 9.89. The summed E-state index contributed by atoms with van der Waals surface area (Å²) in [6.07, 6.45) is 1.93. The van der Waals surface area contributed by atoms with Crippen molar-refractivity contribution in [2.45, 2.75) is 33.2 Å². The Bertz CT molecular complexity index is 426. The molecule has 0 saturated heterocycles. The molecule has 1 rings (SSSR count). The first-order valence-electron chi connectivity index (χ1n) is 5.09. The maximum atomic E-state index is 10.7. The molecule has 0 amide bonds. The van der Waals surface area contributed by atoms with Gasteiger partial charge in [-0.1, -0.05) is 23.8 Å². The molecule has 0 saturated carbocycles. The lowest BCUT2D eigenvalue weighted by Gasteiger charge is -2.20. The summed E-state index contributed by atoms with van der Waals surface area (Å²) in [7, 11) is 1.76. The van der Waals surface area contributed by atoms with E-state index in [1.165, 1.54) is 16.7 Å². The predicted molar refractivity (Wildman–Crippen MR) is 60.8 cm³/mol. The van der Waals surface area contributed by atoms with Gasteiger partial charge in [0.2, 0.25) is 0 Å². The van der Waals surface area contributed by atoms with Crippen LogP contribution in [0.5, 0.6) is 0 Å². The summed E-state index contributed by atoms with van der Waals surface area (Å²) in [5, 5.41) is 0. The summed E-state index contributed by atoms with van der Waals surface area (Å²) in [6.45, 7) is 8.19. The zero-order valence-electron chi connectivity index (χ0n) is 10.1. The van der Waals surface area contributed by atoms with Gasteiger partial charge in [0.25, 0.3) is 0 Å². The van der Waals surface area contributed by atoms with E-state index in [2.05, 4.69) is 32.0 Å². The van der Waals surface area contributed by atoms with Gasteiger partial charge in [-0.2, -0.15) is 4.79 Å². The molecule has 2 nitrogen and oxygen atoms in total. The Kier molecular flexibility index (Phi) is 3.11. The maximum absolute atomic E-state index is 10.7. The van der Waals surface area contributed by atoms with Crippen molar-refractivity contribution in [1.29, 1.82) is 0 Å². The third kappa shape index (κ3) is 2.16. The molecule has 0 aliphatic carbocycles. The van der Waals surface area contributed by atoms with Crippen molar-refractivity contribution in [3.63, 3.8) is 0 Å². The van der Waals surface area contributed by atoms with Crippen molar-refractivity contribution < 1.29 is 9.37 Å².